The van der Waals surface area contributed by atoms with Gasteiger partial charge in [-0.1, -0.05) is 26.0 Å². The van der Waals surface area contributed by atoms with E-state index in [9.17, 15) is 4.79 Å². The number of hydrogen-bond donors (Lipinski definition) is 2. The molecule has 0 radical (unpaired) electrons. The smallest absolute Gasteiger partial charge is 0.319 e. The van der Waals surface area contributed by atoms with Crippen molar-refractivity contribution in [1.29, 1.82) is 0 Å². The lowest BCUT2D eigenvalue weighted by atomic mass is 9.99. The third kappa shape index (κ3) is 5.91. The van der Waals surface area contributed by atoms with E-state index >= 15 is 0 Å². The molecule has 0 bridgehead atoms. The predicted octanol–water partition coefficient (Wildman–Crippen LogP) is 4.69. The molecule has 1 aliphatic heterocycles. The summed E-state index contributed by atoms with van der Waals surface area (Å²) in [6.07, 6.45) is 3.50. The molecular formula is C23H31N3O2. The summed E-state index contributed by atoms with van der Waals surface area (Å²) in [6, 6.07) is 15.9. The molecule has 5 nitrogen and oxygen atoms in total. The Bertz CT molecular complexity index is 735. The van der Waals surface area contributed by atoms with Crippen LogP contribution in [-0.2, 0) is 6.42 Å². The number of ether oxygens (including phenoxy) is 1. The maximum absolute atomic E-state index is 12.0. The van der Waals surface area contributed by atoms with E-state index < -0.39 is 0 Å². The van der Waals surface area contributed by atoms with E-state index in [0.29, 0.717) is 13.2 Å². The van der Waals surface area contributed by atoms with Crippen molar-refractivity contribution in [3.63, 3.8) is 0 Å². The first-order valence-corrected chi connectivity index (χ1v) is 10.3. The van der Waals surface area contributed by atoms with Crippen LogP contribution < -0.4 is 20.3 Å². The van der Waals surface area contributed by atoms with Crippen molar-refractivity contribution < 1.29 is 9.53 Å². The second kappa shape index (κ2) is 10.0. The quantitative estimate of drug-likeness (QED) is 0.685. The fourth-order valence-electron chi connectivity index (χ4n) is 3.35. The van der Waals surface area contributed by atoms with Gasteiger partial charge in [0.05, 0.1) is 6.54 Å². The second-order valence-corrected chi connectivity index (χ2v) is 7.44. The van der Waals surface area contributed by atoms with Crippen molar-refractivity contribution in [2.24, 2.45) is 5.92 Å². The van der Waals surface area contributed by atoms with Gasteiger partial charge in [-0.25, -0.2) is 4.79 Å². The monoisotopic (exact) mass is 381 g/mol. The van der Waals surface area contributed by atoms with Crippen molar-refractivity contribution in [1.82, 2.24) is 5.32 Å². The zero-order valence-electron chi connectivity index (χ0n) is 16.9. The Labute approximate surface area is 168 Å². The summed E-state index contributed by atoms with van der Waals surface area (Å²) in [5.41, 5.74) is 3.30. The Kier molecular flexibility index (Phi) is 7.18. The maximum Gasteiger partial charge on any atom is 0.319 e. The number of carbonyl (C=O) groups is 1. The predicted molar refractivity (Wildman–Crippen MR) is 115 cm³/mol. The van der Waals surface area contributed by atoms with Gasteiger partial charge in [-0.3, -0.25) is 0 Å². The van der Waals surface area contributed by atoms with E-state index in [2.05, 4.69) is 53.6 Å². The SMILES string of the molecule is CCc1ccc(OCCNC(=O)Nc2ccc(N3CCC(C)CC3)cc2)cc1. The van der Waals surface area contributed by atoms with Crippen LogP contribution in [0.3, 0.4) is 0 Å². The average molecular weight is 382 g/mol. The van der Waals surface area contributed by atoms with Crippen LogP contribution in [-0.4, -0.2) is 32.3 Å². The van der Waals surface area contributed by atoms with Crippen LogP contribution in [0.1, 0.15) is 32.3 Å². The van der Waals surface area contributed by atoms with E-state index in [1.165, 1.54) is 24.1 Å². The topological polar surface area (TPSA) is 53.6 Å². The average Bonchev–Trinajstić information content (AvgIpc) is 2.73. The normalized spacial score (nSPS) is 14.6. The molecular weight excluding hydrogens is 350 g/mol. The summed E-state index contributed by atoms with van der Waals surface area (Å²) < 4.78 is 5.65. The highest BCUT2D eigenvalue weighted by Gasteiger charge is 2.15. The number of amides is 2. The fraction of sp³-hybridized carbons (Fsp3) is 0.435. The van der Waals surface area contributed by atoms with Gasteiger partial charge in [-0.05, 0) is 67.1 Å². The van der Waals surface area contributed by atoms with Gasteiger partial charge in [0.15, 0.2) is 0 Å². The van der Waals surface area contributed by atoms with E-state index in [4.69, 9.17) is 4.74 Å². The van der Waals surface area contributed by atoms with E-state index in [1.54, 1.807) is 0 Å². The van der Waals surface area contributed by atoms with Gasteiger partial charge in [0.2, 0.25) is 0 Å². The molecule has 0 aromatic heterocycles. The van der Waals surface area contributed by atoms with Crippen molar-refractivity contribution in [2.75, 3.05) is 36.5 Å². The van der Waals surface area contributed by atoms with Crippen LogP contribution in [0.25, 0.3) is 0 Å². The molecule has 0 unspecified atom stereocenters. The minimum atomic E-state index is -0.218. The zero-order valence-corrected chi connectivity index (χ0v) is 16.9. The highest BCUT2D eigenvalue weighted by molar-refractivity contribution is 5.89. The lowest BCUT2D eigenvalue weighted by Crippen LogP contribution is -2.33. The second-order valence-electron chi connectivity index (χ2n) is 7.44. The van der Waals surface area contributed by atoms with E-state index in [0.717, 1.165) is 36.9 Å². The molecule has 2 aromatic carbocycles. The van der Waals surface area contributed by atoms with Crippen LogP contribution in [0.2, 0.25) is 0 Å². The van der Waals surface area contributed by atoms with Crippen molar-refractivity contribution in [3.05, 3.63) is 54.1 Å². The number of rotatable bonds is 7. The van der Waals surface area contributed by atoms with Crippen molar-refractivity contribution in [2.45, 2.75) is 33.1 Å². The summed E-state index contributed by atoms with van der Waals surface area (Å²) in [7, 11) is 0. The molecule has 2 aromatic rings. The molecule has 0 atom stereocenters. The molecule has 3 rings (SSSR count). The van der Waals surface area contributed by atoms with Crippen LogP contribution in [0.5, 0.6) is 5.75 Å². The number of nitrogens with zero attached hydrogens (tertiary/aromatic N) is 1. The van der Waals surface area contributed by atoms with Crippen LogP contribution in [0.4, 0.5) is 16.2 Å². The van der Waals surface area contributed by atoms with Crippen molar-refractivity contribution >= 4 is 17.4 Å². The fourth-order valence-corrected chi connectivity index (χ4v) is 3.35. The third-order valence-corrected chi connectivity index (χ3v) is 5.26. The minimum absolute atomic E-state index is 0.218. The molecule has 1 aliphatic rings. The lowest BCUT2D eigenvalue weighted by molar-refractivity contribution is 0.247. The van der Waals surface area contributed by atoms with E-state index in [1.807, 2.05) is 24.3 Å². The minimum Gasteiger partial charge on any atom is -0.492 e. The first-order valence-electron chi connectivity index (χ1n) is 10.3. The Balaban J connectivity index is 1.37. The molecule has 1 fully saturated rings. The highest BCUT2D eigenvalue weighted by atomic mass is 16.5. The molecule has 150 valence electrons. The summed E-state index contributed by atoms with van der Waals surface area (Å²) in [6.45, 7) is 7.54. The van der Waals surface area contributed by atoms with Crippen LogP contribution in [0.15, 0.2) is 48.5 Å². The van der Waals surface area contributed by atoms with Gasteiger partial charge in [-0.15, -0.1) is 0 Å². The number of hydrogen-bond acceptors (Lipinski definition) is 3. The Hall–Kier alpha value is -2.69. The van der Waals surface area contributed by atoms with Gasteiger partial charge in [0, 0.05) is 24.5 Å². The number of nitrogens with one attached hydrogen (secondary N) is 2. The molecule has 5 heteroatoms. The Morgan fingerprint density at radius 2 is 1.75 bits per heavy atom. The summed E-state index contributed by atoms with van der Waals surface area (Å²) in [5.74, 6) is 1.64. The molecule has 2 amide bonds. The molecule has 0 aliphatic carbocycles. The largest absolute Gasteiger partial charge is 0.492 e. The first kappa shape index (κ1) is 20.1. The van der Waals surface area contributed by atoms with Gasteiger partial charge < -0.3 is 20.3 Å². The highest BCUT2D eigenvalue weighted by Crippen LogP contribution is 2.24. The van der Waals surface area contributed by atoms with Gasteiger partial charge in [-0.2, -0.15) is 0 Å². The molecule has 2 N–H and O–H groups in total. The number of urea groups is 1. The third-order valence-electron chi connectivity index (χ3n) is 5.26. The number of piperidine rings is 1. The first-order chi connectivity index (χ1) is 13.6. The zero-order chi connectivity index (χ0) is 19.8. The van der Waals surface area contributed by atoms with Crippen LogP contribution in [0, 0.1) is 5.92 Å². The molecule has 0 saturated carbocycles. The Morgan fingerprint density at radius 1 is 1.07 bits per heavy atom. The number of carbonyl (C=O) groups excluding carboxylic acids is 1. The molecule has 1 heterocycles. The molecule has 28 heavy (non-hydrogen) atoms. The number of anilines is 2. The van der Waals surface area contributed by atoms with E-state index in [-0.39, 0.29) is 6.03 Å². The lowest BCUT2D eigenvalue weighted by Gasteiger charge is -2.32. The number of aryl methyl sites for hydroxylation is 1. The maximum atomic E-state index is 12.0. The standard InChI is InChI=1S/C23H31N3O2/c1-3-19-4-10-22(11-5-19)28-17-14-24-23(27)25-20-6-8-21(9-7-20)26-15-12-18(2)13-16-26/h4-11,18H,3,12-17H2,1-2H3,(H2,24,25,27). The summed E-state index contributed by atoms with van der Waals surface area (Å²) in [4.78, 5) is 14.5. The molecule has 0 spiro atoms. The van der Waals surface area contributed by atoms with Gasteiger partial charge >= 0.3 is 6.03 Å². The van der Waals surface area contributed by atoms with Crippen molar-refractivity contribution in [3.8, 4) is 5.75 Å². The molecule has 1 saturated heterocycles. The van der Waals surface area contributed by atoms with Crippen LogP contribution >= 0.6 is 0 Å². The van der Waals surface area contributed by atoms with Gasteiger partial charge in [0.25, 0.3) is 0 Å². The number of benzene rings is 2. The summed E-state index contributed by atoms with van der Waals surface area (Å²) >= 11 is 0. The summed E-state index contributed by atoms with van der Waals surface area (Å²) in [5, 5.41) is 5.69. The Morgan fingerprint density at radius 3 is 2.39 bits per heavy atom. The van der Waals surface area contributed by atoms with Gasteiger partial charge in [0.1, 0.15) is 12.4 Å².